The molecule has 18 heteroatoms. The lowest BCUT2D eigenvalue weighted by Gasteiger charge is -2.29. The van der Waals surface area contributed by atoms with Crippen molar-refractivity contribution in [1.82, 2.24) is 26.1 Å². The Morgan fingerprint density at radius 2 is 1.79 bits per heavy atom. The molecule has 1 aromatic rings. The Labute approximate surface area is 241 Å². The number of nitrogens with zero attached hydrogens (tertiary/aromatic N) is 2. The molecule has 1 aromatic carbocycles. The molecule has 0 radical (unpaired) electrons. The number of esters is 1. The minimum Gasteiger partial charge on any atom is -0.491 e. The predicted octanol–water partition coefficient (Wildman–Crippen LogP) is 0.0297. The summed E-state index contributed by atoms with van der Waals surface area (Å²) in [6.45, 7) is 4.78. The lowest BCUT2D eigenvalue weighted by Crippen LogP contribution is -2.54. The number of rotatable bonds is 12. The van der Waals surface area contributed by atoms with Gasteiger partial charge in [-0.25, -0.2) is 9.59 Å². The van der Waals surface area contributed by atoms with Crippen LogP contribution < -0.4 is 20.9 Å². The first-order valence-electron chi connectivity index (χ1n) is 13.0. The molecule has 0 aromatic heterocycles. The molecule has 42 heavy (non-hydrogen) atoms. The summed E-state index contributed by atoms with van der Waals surface area (Å²) >= 11 is 0. The fraction of sp³-hybridized carbons (Fsp3) is 0.542. The molecule has 2 bridgehead atoms. The van der Waals surface area contributed by atoms with Crippen molar-refractivity contribution in [2.75, 3.05) is 19.7 Å². The smallest absolute Gasteiger partial charge is 0.418 e. The number of ether oxygens (including phenoxy) is 3. The Kier molecular flexibility index (Phi) is 10.9. The van der Waals surface area contributed by atoms with Crippen LogP contribution in [0.3, 0.4) is 0 Å². The third-order valence-corrected chi connectivity index (χ3v) is 6.45. The first-order chi connectivity index (χ1) is 19.7. The summed E-state index contributed by atoms with van der Waals surface area (Å²) in [5.74, 6) is -1.81. The Morgan fingerprint density at radius 1 is 1.07 bits per heavy atom. The van der Waals surface area contributed by atoms with Gasteiger partial charge in [0.05, 0.1) is 24.9 Å². The van der Waals surface area contributed by atoms with E-state index in [4.69, 9.17) is 18.8 Å². The number of hydrogen-bond donors (Lipinski definition) is 4. The molecule has 2 fully saturated rings. The van der Waals surface area contributed by atoms with E-state index in [9.17, 15) is 32.4 Å². The molecular weight excluding hydrogens is 582 g/mol. The zero-order chi connectivity index (χ0) is 31.0. The number of carbonyl (C=O) groups excluding carboxylic acids is 5. The molecule has 3 rings (SSSR count). The predicted molar refractivity (Wildman–Crippen MR) is 140 cm³/mol. The topological polar surface area (TPSA) is 219 Å². The molecular formula is C24H33N5O12S. The van der Waals surface area contributed by atoms with E-state index in [1.165, 1.54) is 6.92 Å². The maximum Gasteiger partial charge on any atom is 0.418 e. The molecule has 5 amide bonds. The quantitative estimate of drug-likeness (QED) is 0.0805. The van der Waals surface area contributed by atoms with Crippen molar-refractivity contribution in [2.45, 2.75) is 58.4 Å². The van der Waals surface area contributed by atoms with Crippen molar-refractivity contribution in [3.05, 3.63) is 29.8 Å². The number of nitrogens with one attached hydrogen (secondary N) is 3. The second-order valence-electron chi connectivity index (χ2n) is 9.67. The van der Waals surface area contributed by atoms with Crippen LogP contribution in [0.5, 0.6) is 5.75 Å². The summed E-state index contributed by atoms with van der Waals surface area (Å²) in [5, 5.41) is 2.97. The lowest BCUT2D eigenvalue weighted by molar-refractivity contribution is -0.168. The van der Waals surface area contributed by atoms with Crippen LogP contribution in [0.4, 0.5) is 9.59 Å². The van der Waals surface area contributed by atoms with Crippen LogP contribution in [-0.2, 0) is 45.0 Å². The number of fused-ring (bicyclic) bond motifs is 2. The third-order valence-electron chi connectivity index (χ3n) is 6.10. The van der Waals surface area contributed by atoms with Crippen molar-refractivity contribution >= 4 is 40.3 Å². The van der Waals surface area contributed by atoms with E-state index in [2.05, 4.69) is 20.5 Å². The molecule has 2 heterocycles. The van der Waals surface area contributed by atoms with Gasteiger partial charge in [0.2, 0.25) is 12.2 Å². The fourth-order valence-electron chi connectivity index (χ4n) is 4.16. The zero-order valence-corrected chi connectivity index (χ0v) is 23.9. The molecule has 2 aliphatic heterocycles. The molecule has 2 aliphatic rings. The van der Waals surface area contributed by atoms with E-state index in [0.717, 1.165) is 4.90 Å². The monoisotopic (exact) mass is 615 g/mol. The molecule has 4 N–H and O–H groups in total. The average Bonchev–Trinajstić information content (AvgIpc) is 3.13. The summed E-state index contributed by atoms with van der Waals surface area (Å²) in [7, 11) is -4.92. The van der Waals surface area contributed by atoms with Crippen LogP contribution in [-0.4, -0.2) is 90.9 Å². The van der Waals surface area contributed by atoms with Gasteiger partial charge in [-0.1, -0.05) is 32.0 Å². The van der Waals surface area contributed by atoms with Crippen LogP contribution in [0.2, 0.25) is 0 Å². The normalized spacial score (nSPS) is 18.7. The van der Waals surface area contributed by atoms with Crippen LogP contribution in [0.1, 0.15) is 39.2 Å². The van der Waals surface area contributed by atoms with Gasteiger partial charge in [0.25, 0.3) is 5.91 Å². The highest BCUT2D eigenvalue weighted by Crippen LogP contribution is 2.30. The number of urea groups is 1. The standard InChI is InChI=1S/C24H33N5O12S/c1-14(2)22(32)39-15(3)40-23(33)25-10-11-38-19-7-5-4-6-16(19)12-20(30)26-27-21(31)18-9-8-17-13-28(18)24(34)29(17)41-42(35,36)37/h4-7,14-15,17-18H,8-13H2,1-3H3,(H,25,33)(H,26,30)(H,27,31)(H,35,36,37)/t15?,17-,18+/m1/s1. The van der Waals surface area contributed by atoms with Gasteiger partial charge in [0, 0.05) is 19.0 Å². The SMILES string of the molecule is CC(OC(=O)NCCOc1ccccc1CC(=O)NNC(=O)[C@@H]1CC[C@@H]2CN1C(=O)N2OS(=O)(=O)O)OC(=O)C(C)C. The molecule has 0 aliphatic carbocycles. The van der Waals surface area contributed by atoms with Crippen molar-refractivity contribution in [2.24, 2.45) is 5.92 Å². The van der Waals surface area contributed by atoms with Crippen molar-refractivity contribution in [1.29, 1.82) is 0 Å². The van der Waals surface area contributed by atoms with Gasteiger partial charge in [0.1, 0.15) is 18.4 Å². The van der Waals surface area contributed by atoms with E-state index in [0.29, 0.717) is 16.4 Å². The summed E-state index contributed by atoms with van der Waals surface area (Å²) in [4.78, 5) is 62.2. The van der Waals surface area contributed by atoms with Gasteiger partial charge in [0.15, 0.2) is 0 Å². The molecule has 232 valence electrons. The van der Waals surface area contributed by atoms with Gasteiger partial charge < -0.3 is 24.4 Å². The Bertz CT molecular complexity index is 1290. The number of amides is 5. The van der Waals surface area contributed by atoms with Crippen molar-refractivity contribution < 1.29 is 55.4 Å². The molecule has 3 atom stereocenters. The van der Waals surface area contributed by atoms with E-state index in [1.807, 2.05) is 0 Å². The van der Waals surface area contributed by atoms with Crippen molar-refractivity contribution in [3.63, 3.8) is 0 Å². The Morgan fingerprint density at radius 3 is 2.48 bits per heavy atom. The van der Waals surface area contributed by atoms with Gasteiger partial charge >= 0.3 is 28.5 Å². The summed E-state index contributed by atoms with van der Waals surface area (Å²) in [5.41, 5.74) is 5.02. The first-order valence-corrected chi connectivity index (χ1v) is 14.3. The number of hydrogen-bond acceptors (Lipinski definition) is 11. The number of carbonyl (C=O) groups is 5. The maximum absolute atomic E-state index is 12.7. The third kappa shape index (κ3) is 9.18. The minimum absolute atomic E-state index is 0.00227. The van der Waals surface area contributed by atoms with Crippen LogP contribution in [0.25, 0.3) is 0 Å². The van der Waals surface area contributed by atoms with Crippen molar-refractivity contribution in [3.8, 4) is 5.75 Å². The number of alkyl carbamates (subject to hydrolysis) is 1. The van der Waals surface area contributed by atoms with E-state index in [1.54, 1.807) is 38.1 Å². The van der Waals surface area contributed by atoms with Gasteiger partial charge in [-0.05, 0) is 18.9 Å². The fourth-order valence-corrected chi connectivity index (χ4v) is 4.55. The summed E-state index contributed by atoms with van der Waals surface area (Å²) in [6, 6.07) is 4.06. The lowest BCUT2D eigenvalue weighted by atomic mass is 10.0. The number of hydrazine groups is 1. The highest BCUT2D eigenvalue weighted by molar-refractivity contribution is 7.80. The second kappa shape index (κ2) is 14.1. The van der Waals surface area contributed by atoms with E-state index >= 15 is 0 Å². The average molecular weight is 616 g/mol. The minimum atomic E-state index is -4.92. The Balaban J connectivity index is 1.42. The molecule has 17 nitrogen and oxygen atoms in total. The van der Waals surface area contributed by atoms with E-state index in [-0.39, 0.29) is 44.9 Å². The van der Waals surface area contributed by atoms with Gasteiger partial charge in [-0.15, -0.1) is 4.28 Å². The molecule has 1 unspecified atom stereocenters. The largest absolute Gasteiger partial charge is 0.491 e. The number of para-hydroxylation sites is 1. The van der Waals surface area contributed by atoms with Gasteiger partial charge in [-0.2, -0.15) is 13.5 Å². The first kappa shape index (κ1) is 32.4. The highest BCUT2D eigenvalue weighted by atomic mass is 32.3. The molecule has 2 saturated heterocycles. The second-order valence-corrected chi connectivity index (χ2v) is 10.7. The van der Waals surface area contributed by atoms with E-state index < -0.39 is 58.7 Å². The number of piperidine rings is 1. The summed E-state index contributed by atoms with van der Waals surface area (Å²) in [6.07, 6.45) is -1.67. The maximum atomic E-state index is 12.7. The van der Waals surface area contributed by atoms with Crippen LogP contribution in [0.15, 0.2) is 24.3 Å². The summed E-state index contributed by atoms with van der Waals surface area (Å²) < 4.78 is 50.8. The highest BCUT2D eigenvalue weighted by Gasteiger charge is 2.49. The number of hydroxylamine groups is 2. The van der Waals surface area contributed by atoms with Crippen LogP contribution in [0, 0.1) is 5.92 Å². The van der Waals surface area contributed by atoms with Gasteiger partial charge in [-0.3, -0.25) is 29.8 Å². The zero-order valence-electron chi connectivity index (χ0n) is 23.1. The van der Waals surface area contributed by atoms with Crippen LogP contribution >= 0.6 is 0 Å². The molecule has 0 spiro atoms. The Hall–Kier alpha value is -4.16. The number of benzene rings is 1. The molecule has 0 saturated carbocycles.